The second-order valence-electron chi connectivity index (χ2n) is 11.9. The fraction of sp³-hybridized carbons (Fsp3) is 0.962. The largest absolute Gasteiger partial charge is 0.394 e. The van der Waals surface area contributed by atoms with Gasteiger partial charge in [-0.3, -0.25) is 4.79 Å². The number of amides is 1. The molecule has 0 radical (unpaired) electrons. The van der Waals surface area contributed by atoms with Gasteiger partial charge in [0.15, 0.2) is 25.2 Å². The number of ether oxygens (including phenoxy) is 7. The molecule has 0 bridgehead atoms. The van der Waals surface area contributed by atoms with Crippen LogP contribution in [-0.2, 0) is 38.0 Å². The number of hydrogen-bond donors (Lipinski definition) is 13. The Morgan fingerprint density at radius 3 is 1.57 bits per heavy atom. The summed E-state index contributed by atoms with van der Waals surface area (Å²) in [5.41, 5.74) is 0. The van der Waals surface area contributed by atoms with Gasteiger partial charge in [0, 0.05) is 6.92 Å². The topological polar surface area (TPSA) is 336 Å². The van der Waals surface area contributed by atoms with Gasteiger partial charge in [0.05, 0.1) is 25.9 Å². The van der Waals surface area contributed by atoms with Crippen LogP contribution >= 0.6 is 0 Å². The highest BCUT2D eigenvalue weighted by molar-refractivity contribution is 5.73. The van der Waals surface area contributed by atoms with Crippen molar-refractivity contribution in [2.75, 3.05) is 19.8 Å². The zero-order chi connectivity index (χ0) is 34.9. The van der Waals surface area contributed by atoms with Crippen LogP contribution in [-0.4, -0.2) is 210 Å². The first kappa shape index (κ1) is 38.5. The van der Waals surface area contributed by atoms with Crippen LogP contribution in [0.15, 0.2) is 0 Å². The number of aliphatic hydroxyl groups is 12. The van der Waals surface area contributed by atoms with Gasteiger partial charge >= 0.3 is 0 Å². The van der Waals surface area contributed by atoms with Crippen molar-refractivity contribution in [2.45, 2.75) is 137 Å². The van der Waals surface area contributed by atoms with Crippen LogP contribution in [0.25, 0.3) is 0 Å². The number of carbonyl (C=O) groups excluding carboxylic acids is 1. The van der Waals surface area contributed by atoms with E-state index in [4.69, 9.17) is 33.2 Å². The van der Waals surface area contributed by atoms with E-state index in [0.29, 0.717) is 0 Å². The summed E-state index contributed by atoms with van der Waals surface area (Å²) in [6.07, 6.45) is -33.2. The summed E-state index contributed by atoms with van der Waals surface area (Å²) in [6.45, 7) is -0.153. The number of nitrogens with one attached hydrogen (secondary N) is 1. The third kappa shape index (κ3) is 8.04. The minimum Gasteiger partial charge on any atom is -0.394 e. The van der Waals surface area contributed by atoms with Crippen LogP contribution in [0.4, 0.5) is 0 Å². The van der Waals surface area contributed by atoms with E-state index in [1.807, 2.05) is 0 Å². The summed E-state index contributed by atoms with van der Waals surface area (Å²) in [6, 6.07) is -1.52. The number of carbonyl (C=O) groups is 1. The van der Waals surface area contributed by atoms with Crippen LogP contribution in [0.3, 0.4) is 0 Å². The molecule has 4 aliphatic heterocycles. The molecule has 4 rings (SSSR count). The second-order valence-corrected chi connectivity index (χ2v) is 11.9. The normalized spacial score (nSPS) is 51.0. The average Bonchev–Trinajstić information content (AvgIpc) is 3.04. The molecule has 47 heavy (non-hydrogen) atoms. The lowest BCUT2D eigenvalue weighted by Gasteiger charge is -2.50. The predicted octanol–water partition coefficient (Wildman–Crippen LogP) is -8.58. The van der Waals surface area contributed by atoms with Gasteiger partial charge in [-0.05, 0) is 6.92 Å². The van der Waals surface area contributed by atoms with E-state index < -0.39 is 148 Å². The van der Waals surface area contributed by atoms with E-state index in [1.54, 1.807) is 0 Å². The standard InChI is InChI=1S/C26H45NO20/c1-6-12(32)16(36)18(38)24(41-6)47-22-21(46-25-19(39)17(37)13(33)8(3-28)43-25)15(35)10(5-30)44-26(22)45-20-11(27-7(2)31)23(40)42-9(4-29)14(20)34/h6,8-26,28-30,32-40H,3-5H2,1-2H3,(H,27,31)/t6-,8+,9+,10+,11+,12+,13-,14-,15-,16+,17-,18-,19+,20+,21-,22+,23-,24-,25-,26-/m0/s1. The lowest BCUT2D eigenvalue weighted by molar-refractivity contribution is -0.400. The van der Waals surface area contributed by atoms with E-state index >= 15 is 0 Å². The van der Waals surface area contributed by atoms with Crippen molar-refractivity contribution in [1.29, 1.82) is 0 Å². The Hall–Kier alpha value is -1.29. The van der Waals surface area contributed by atoms with Crippen molar-refractivity contribution in [3.8, 4) is 0 Å². The van der Waals surface area contributed by atoms with Crippen molar-refractivity contribution < 1.29 is 99.2 Å². The van der Waals surface area contributed by atoms with Gasteiger partial charge in [-0.1, -0.05) is 0 Å². The van der Waals surface area contributed by atoms with Crippen LogP contribution in [0.1, 0.15) is 13.8 Å². The van der Waals surface area contributed by atoms with E-state index in [1.165, 1.54) is 6.92 Å². The van der Waals surface area contributed by atoms with E-state index in [9.17, 15) is 66.1 Å². The van der Waals surface area contributed by atoms with E-state index in [-0.39, 0.29) is 0 Å². The maximum absolute atomic E-state index is 12.0. The summed E-state index contributed by atoms with van der Waals surface area (Å²) in [5, 5.41) is 127. The zero-order valence-electron chi connectivity index (χ0n) is 25.3. The molecular weight excluding hydrogens is 646 g/mol. The second kappa shape index (κ2) is 16.2. The van der Waals surface area contributed by atoms with Crippen molar-refractivity contribution in [2.24, 2.45) is 0 Å². The third-order valence-electron chi connectivity index (χ3n) is 8.57. The monoisotopic (exact) mass is 691 g/mol. The van der Waals surface area contributed by atoms with Crippen LogP contribution < -0.4 is 5.32 Å². The summed E-state index contributed by atoms with van der Waals surface area (Å²) in [5.74, 6) is -0.703. The molecule has 4 heterocycles. The average molecular weight is 692 g/mol. The van der Waals surface area contributed by atoms with Crippen LogP contribution in [0, 0.1) is 0 Å². The molecule has 4 fully saturated rings. The highest BCUT2D eigenvalue weighted by atomic mass is 16.8. The molecule has 21 heteroatoms. The van der Waals surface area contributed by atoms with E-state index in [0.717, 1.165) is 6.92 Å². The van der Waals surface area contributed by atoms with Gasteiger partial charge in [-0.15, -0.1) is 0 Å². The van der Waals surface area contributed by atoms with Gasteiger partial charge in [0.25, 0.3) is 0 Å². The summed E-state index contributed by atoms with van der Waals surface area (Å²) < 4.78 is 39.5. The molecule has 20 atom stereocenters. The smallest absolute Gasteiger partial charge is 0.217 e. The molecule has 4 saturated heterocycles. The molecule has 21 nitrogen and oxygen atoms in total. The van der Waals surface area contributed by atoms with Crippen molar-refractivity contribution in [3.05, 3.63) is 0 Å². The first-order chi connectivity index (χ1) is 22.1. The zero-order valence-corrected chi connectivity index (χ0v) is 25.3. The van der Waals surface area contributed by atoms with Gasteiger partial charge in [0.2, 0.25) is 5.91 Å². The molecule has 274 valence electrons. The lowest BCUT2D eigenvalue weighted by atomic mass is 9.94. The Morgan fingerprint density at radius 2 is 1.00 bits per heavy atom. The number of rotatable bonds is 10. The molecule has 0 aromatic carbocycles. The molecule has 13 N–H and O–H groups in total. The first-order valence-corrected chi connectivity index (χ1v) is 15.0. The fourth-order valence-electron chi connectivity index (χ4n) is 5.86. The molecule has 0 unspecified atom stereocenters. The molecule has 1 amide bonds. The minimum atomic E-state index is -1.99. The van der Waals surface area contributed by atoms with Crippen molar-refractivity contribution in [1.82, 2.24) is 5.32 Å². The molecule has 0 spiro atoms. The molecule has 0 saturated carbocycles. The first-order valence-electron chi connectivity index (χ1n) is 15.0. The number of hydrogen-bond acceptors (Lipinski definition) is 20. The molecule has 0 aromatic rings. The molecule has 4 aliphatic rings. The quantitative estimate of drug-likeness (QED) is 0.101. The summed E-state index contributed by atoms with van der Waals surface area (Å²) in [4.78, 5) is 12.0. The summed E-state index contributed by atoms with van der Waals surface area (Å²) >= 11 is 0. The summed E-state index contributed by atoms with van der Waals surface area (Å²) in [7, 11) is 0. The van der Waals surface area contributed by atoms with Gasteiger partial charge in [-0.25, -0.2) is 0 Å². The van der Waals surface area contributed by atoms with Crippen LogP contribution in [0.5, 0.6) is 0 Å². The predicted molar refractivity (Wildman–Crippen MR) is 144 cm³/mol. The Kier molecular flexibility index (Phi) is 13.2. The number of aliphatic hydroxyl groups excluding tert-OH is 12. The SMILES string of the molecule is CC(=O)N[C@@H]1[C@@H](O[C@@H]2O[C@H](CO)[C@H](O)[C@H](O[C@@H]3O[C@H](CO)[C@H](O)[C@H](O)[C@H]3O)[C@H]2O[C@@H]2O[C@@H](C)[C@@H](O)[C@@H](O)[C@@H]2O)[C@@H](O)[C@@H](CO)O[C@@H]1O. The van der Waals surface area contributed by atoms with Crippen molar-refractivity contribution in [3.63, 3.8) is 0 Å². The maximum atomic E-state index is 12.0. The van der Waals surface area contributed by atoms with Gasteiger partial charge in [-0.2, -0.15) is 0 Å². The van der Waals surface area contributed by atoms with Gasteiger partial charge in [0.1, 0.15) is 91.5 Å². The Labute approximate surface area is 267 Å². The van der Waals surface area contributed by atoms with E-state index in [2.05, 4.69) is 5.32 Å². The Balaban J connectivity index is 1.73. The lowest BCUT2D eigenvalue weighted by Crippen LogP contribution is -2.69. The molecule has 0 aromatic heterocycles. The molecular formula is C26H45NO20. The Bertz CT molecular complexity index is 1010. The third-order valence-corrected chi connectivity index (χ3v) is 8.57. The van der Waals surface area contributed by atoms with Crippen LogP contribution in [0.2, 0.25) is 0 Å². The molecule has 0 aliphatic carbocycles. The maximum Gasteiger partial charge on any atom is 0.217 e. The van der Waals surface area contributed by atoms with Crippen molar-refractivity contribution >= 4 is 5.91 Å². The Morgan fingerprint density at radius 1 is 0.553 bits per heavy atom. The highest BCUT2D eigenvalue weighted by Crippen LogP contribution is 2.35. The van der Waals surface area contributed by atoms with Gasteiger partial charge < -0.3 is 99.8 Å². The fourth-order valence-corrected chi connectivity index (χ4v) is 5.86. The minimum absolute atomic E-state index is 0.703. The highest BCUT2D eigenvalue weighted by Gasteiger charge is 2.56.